The van der Waals surface area contributed by atoms with Crippen LogP contribution < -0.4 is 5.73 Å². The Morgan fingerprint density at radius 1 is 1.23 bits per heavy atom. The van der Waals surface area contributed by atoms with E-state index in [-0.39, 0.29) is 6.04 Å². The first-order valence-electron chi connectivity index (χ1n) is 5.45. The van der Waals surface area contributed by atoms with E-state index >= 15 is 0 Å². The molecule has 80 valence electrons. The minimum absolute atomic E-state index is 0.238. The van der Waals surface area contributed by atoms with Crippen molar-refractivity contribution in [3.63, 3.8) is 0 Å². The number of nitrogens with two attached hydrogens (primary N) is 1. The first-order valence-corrected chi connectivity index (χ1v) is 5.45. The lowest BCUT2D eigenvalue weighted by molar-refractivity contribution is 0.175. The molecule has 0 saturated carbocycles. The Morgan fingerprint density at radius 3 is 2.38 bits per heavy atom. The van der Waals surface area contributed by atoms with Gasteiger partial charge in [0.1, 0.15) is 0 Å². The molecule has 2 nitrogen and oxygen atoms in total. The highest BCUT2D eigenvalue weighted by atomic mass is 16.5. The maximum absolute atomic E-state index is 5.81. The minimum atomic E-state index is 0.238. The lowest BCUT2D eigenvalue weighted by Crippen LogP contribution is -2.25. The van der Waals surface area contributed by atoms with Crippen LogP contribution >= 0.6 is 0 Å². The number of ether oxygens (including phenoxy) is 1. The van der Waals surface area contributed by atoms with Gasteiger partial charge in [-0.1, -0.05) is 39.5 Å². The molecule has 0 radical (unpaired) electrons. The predicted octanol–water partition coefficient (Wildman–Crippen LogP) is 2.57. The summed E-state index contributed by atoms with van der Waals surface area (Å²) in [7, 11) is 1.71. The second kappa shape index (κ2) is 8.52. The maximum Gasteiger partial charge on any atom is 0.0613 e. The van der Waals surface area contributed by atoms with E-state index in [4.69, 9.17) is 10.5 Å². The third-order valence-electron chi connectivity index (χ3n) is 2.60. The Labute approximate surface area is 82.8 Å². The summed E-state index contributed by atoms with van der Waals surface area (Å²) in [5, 5.41) is 0. The lowest BCUT2D eigenvalue weighted by Gasteiger charge is -2.11. The van der Waals surface area contributed by atoms with E-state index < -0.39 is 0 Å². The van der Waals surface area contributed by atoms with Crippen molar-refractivity contribution in [2.45, 2.75) is 52.0 Å². The van der Waals surface area contributed by atoms with Crippen LogP contribution in [0, 0.1) is 5.92 Å². The van der Waals surface area contributed by atoms with E-state index in [2.05, 4.69) is 13.8 Å². The highest BCUT2D eigenvalue weighted by molar-refractivity contribution is 4.60. The fourth-order valence-corrected chi connectivity index (χ4v) is 1.40. The molecule has 2 unspecified atom stereocenters. The standard InChI is InChI=1S/C11H25NO/c1-4-10(2)7-5-6-8-11(12)9-13-3/h10-11H,4-9,12H2,1-3H3. The van der Waals surface area contributed by atoms with Crippen molar-refractivity contribution in [1.82, 2.24) is 0 Å². The Bertz CT molecular complexity index is 106. The third kappa shape index (κ3) is 8.26. The monoisotopic (exact) mass is 187 g/mol. The van der Waals surface area contributed by atoms with Gasteiger partial charge in [0.15, 0.2) is 0 Å². The number of hydrogen-bond donors (Lipinski definition) is 1. The largest absolute Gasteiger partial charge is 0.383 e. The van der Waals surface area contributed by atoms with Gasteiger partial charge in [-0.05, 0) is 12.3 Å². The molecule has 0 aliphatic rings. The highest BCUT2D eigenvalue weighted by Crippen LogP contribution is 2.12. The van der Waals surface area contributed by atoms with Crippen LogP contribution in [0.25, 0.3) is 0 Å². The van der Waals surface area contributed by atoms with Gasteiger partial charge in [0.05, 0.1) is 6.61 Å². The fourth-order valence-electron chi connectivity index (χ4n) is 1.40. The van der Waals surface area contributed by atoms with Crippen LogP contribution in [0.15, 0.2) is 0 Å². The fraction of sp³-hybridized carbons (Fsp3) is 1.00. The van der Waals surface area contributed by atoms with E-state index in [1.165, 1.54) is 25.7 Å². The van der Waals surface area contributed by atoms with E-state index in [1.807, 2.05) is 0 Å². The molecule has 2 atom stereocenters. The molecule has 13 heavy (non-hydrogen) atoms. The minimum Gasteiger partial charge on any atom is -0.383 e. The van der Waals surface area contributed by atoms with Crippen molar-refractivity contribution in [2.75, 3.05) is 13.7 Å². The number of unbranched alkanes of at least 4 members (excludes halogenated alkanes) is 1. The molecule has 2 N–H and O–H groups in total. The van der Waals surface area contributed by atoms with Crippen LogP contribution in [0.2, 0.25) is 0 Å². The SMILES string of the molecule is CCC(C)CCCCC(N)COC. The van der Waals surface area contributed by atoms with Crippen molar-refractivity contribution in [3.05, 3.63) is 0 Å². The number of rotatable bonds is 8. The van der Waals surface area contributed by atoms with Crippen LogP contribution in [-0.4, -0.2) is 19.8 Å². The Hall–Kier alpha value is -0.0800. The molecule has 0 spiro atoms. The van der Waals surface area contributed by atoms with Crippen LogP contribution in [0.4, 0.5) is 0 Å². The molecule has 0 aromatic heterocycles. The van der Waals surface area contributed by atoms with E-state index in [9.17, 15) is 0 Å². The van der Waals surface area contributed by atoms with Crippen molar-refractivity contribution in [1.29, 1.82) is 0 Å². The average Bonchev–Trinajstić information content (AvgIpc) is 2.12. The summed E-state index contributed by atoms with van der Waals surface area (Å²) in [5.41, 5.74) is 5.81. The molecular weight excluding hydrogens is 162 g/mol. The van der Waals surface area contributed by atoms with Gasteiger partial charge < -0.3 is 10.5 Å². The summed E-state index contributed by atoms with van der Waals surface area (Å²) in [5.74, 6) is 0.874. The summed E-state index contributed by atoms with van der Waals surface area (Å²) in [6, 6.07) is 0.238. The van der Waals surface area contributed by atoms with E-state index in [0.29, 0.717) is 6.61 Å². The van der Waals surface area contributed by atoms with Crippen molar-refractivity contribution < 1.29 is 4.74 Å². The van der Waals surface area contributed by atoms with Crippen LogP contribution in [0.3, 0.4) is 0 Å². The average molecular weight is 187 g/mol. The summed E-state index contributed by atoms with van der Waals surface area (Å²) < 4.78 is 4.98. The summed E-state index contributed by atoms with van der Waals surface area (Å²) in [6.45, 7) is 5.26. The highest BCUT2D eigenvalue weighted by Gasteiger charge is 2.02. The topological polar surface area (TPSA) is 35.2 Å². The van der Waals surface area contributed by atoms with Gasteiger partial charge in [-0.25, -0.2) is 0 Å². The first-order chi connectivity index (χ1) is 6.20. The molecule has 0 bridgehead atoms. The zero-order valence-corrected chi connectivity index (χ0v) is 9.38. The molecule has 0 aromatic carbocycles. The van der Waals surface area contributed by atoms with Gasteiger partial charge in [-0.15, -0.1) is 0 Å². The number of hydrogen-bond acceptors (Lipinski definition) is 2. The molecule has 0 aromatic rings. The molecule has 0 aliphatic carbocycles. The van der Waals surface area contributed by atoms with Gasteiger partial charge in [-0.2, -0.15) is 0 Å². The third-order valence-corrected chi connectivity index (χ3v) is 2.60. The van der Waals surface area contributed by atoms with E-state index in [0.717, 1.165) is 12.3 Å². The van der Waals surface area contributed by atoms with Gasteiger partial charge in [-0.3, -0.25) is 0 Å². The molecule has 0 fully saturated rings. The normalized spacial score (nSPS) is 15.7. The molecular formula is C11H25NO. The van der Waals surface area contributed by atoms with Crippen molar-refractivity contribution in [3.8, 4) is 0 Å². The van der Waals surface area contributed by atoms with E-state index in [1.54, 1.807) is 7.11 Å². The van der Waals surface area contributed by atoms with Gasteiger partial charge in [0.25, 0.3) is 0 Å². The van der Waals surface area contributed by atoms with Crippen LogP contribution in [0.5, 0.6) is 0 Å². The zero-order valence-electron chi connectivity index (χ0n) is 9.38. The molecule has 0 rings (SSSR count). The lowest BCUT2D eigenvalue weighted by atomic mass is 10.00. The first kappa shape index (κ1) is 12.9. The Morgan fingerprint density at radius 2 is 1.85 bits per heavy atom. The second-order valence-corrected chi connectivity index (χ2v) is 4.01. The van der Waals surface area contributed by atoms with Gasteiger partial charge >= 0.3 is 0 Å². The van der Waals surface area contributed by atoms with Crippen LogP contribution in [-0.2, 0) is 4.74 Å². The Kier molecular flexibility index (Phi) is 8.46. The number of methoxy groups -OCH3 is 1. The Balaban J connectivity index is 3.15. The molecule has 0 amide bonds. The molecule has 0 heterocycles. The van der Waals surface area contributed by atoms with Crippen molar-refractivity contribution >= 4 is 0 Å². The summed E-state index contributed by atoms with van der Waals surface area (Å²) in [6.07, 6.45) is 6.30. The van der Waals surface area contributed by atoms with Gasteiger partial charge in [0, 0.05) is 13.2 Å². The summed E-state index contributed by atoms with van der Waals surface area (Å²) >= 11 is 0. The molecule has 0 saturated heterocycles. The zero-order chi connectivity index (χ0) is 10.1. The predicted molar refractivity (Wildman–Crippen MR) is 57.8 cm³/mol. The molecule has 0 aliphatic heterocycles. The molecule has 2 heteroatoms. The quantitative estimate of drug-likeness (QED) is 0.593. The second-order valence-electron chi connectivity index (χ2n) is 4.01. The smallest absolute Gasteiger partial charge is 0.0613 e. The summed E-state index contributed by atoms with van der Waals surface area (Å²) in [4.78, 5) is 0. The van der Waals surface area contributed by atoms with Gasteiger partial charge in [0.2, 0.25) is 0 Å². The maximum atomic E-state index is 5.81. The van der Waals surface area contributed by atoms with Crippen molar-refractivity contribution in [2.24, 2.45) is 11.7 Å². The van der Waals surface area contributed by atoms with Crippen LogP contribution in [0.1, 0.15) is 46.0 Å².